The summed E-state index contributed by atoms with van der Waals surface area (Å²) in [6.45, 7) is 4.64. The molecule has 90 valence electrons. The van der Waals surface area contributed by atoms with Crippen LogP contribution in [0.3, 0.4) is 0 Å². The minimum absolute atomic E-state index is 0.00500. The number of nitrogens with two attached hydrogens (primary N) is 1. The van der Waals surface area contributed by atoms with Crippen molar-refractivity contribution in [3.05, 3.63) is 16.6 Å². The summed E-state index contributed by atoms with van der Waals surface area (Å²) in [6.07, 6.45) is 7.82. The number of hydrogen-bond donors (Lipinski definition) is 1. The fourth-order valence-electron chi connectivity index (χ4n) is 2.81. The first kappa shape index (κ1) is 12.1. The normalized spacial score (nSPS) is 30.9. The molecule has 1 heterocycles. The van der Waals surface area contributed by atoms with Crippen LogP contribution in [0.1, 0.15) is 44.5 Å². The molecule has 16 heavy (non-hydrogen) atoms. The highest BCUT2D eigenvalue weighted by molar-refractivity contribution is 7.09. The van der Waals surface area contributed by atoms with E-state index in [0.717, 1.165) is 24.7 Å². The molecule has 1 aliphatic carbocycles. The second-order valence-corrected chi connectivity index (χ2v) is 6.54. The zero-order valence-corrected chi connectivity index (χ0v) is 11.1. The first-order chi connectivity index (χ1) is 7.59. The summed E-state index contributed by atoms with van der Waals surface area (Å²) in [6, 6.07) is 0. The lowest BCUT2D eigenvalue weighted by Gasteiger charge is -2.39. The number of aromatic nitrogens is 1. The summed E-state index contributed by atoms with van der Waals surface area (Å²) < 4.78 is 0. The van der Waals surface area contributed by atoms with Gasteiger partial charge in [-0.3, -0.25) is 0 Å². The molecule has 2 N–H and O–H groups in total. The van der Waals surface area contributed by atoms with Crippen LogP contribution in [0.15, 0.2) is 11.6 Å². The minimum Gasteiger partial charge on any atom is -0.325 e. The highest BCUT2D eigenvalue weighted by Crippen LogP contribution is 2.36. The molecule has 1 fully saturated rings. The molecule has 2 unspecified atom stereocenters. The fraction of sp³-hybridized carbons (Fsp3) is 0.769. The van der Waals surface area contributed by atoms with E-state index in [4.69, 9.17) is 5.73 Å². The van der Waals surface area contributed by atoms with Crippen LogP contribution in [-0.2, 0) is 6.42 Å². The predicted octanol–water partition coefficient (Wildman–Crippen LogP) is 3.23. The Bertz CT molecular complexity index is 321. The zero-order chi connectivity index (χ0) is 11.6. The van der Waals surface area contributed by atoms with Gasteiger partial charge in [-0.1, -0.05) is 26.7 Å². The van der Waals surface area contributed by atoms with Gasteiger partial charge in [-0.25, -0.2) is 4.98 Å². The van der Waals surface area contributed by atoms with Crippen LogP contribution >= 0.6 is 11.3 Å². The van der Waals surface area contributed by atoms with Crippen LogP contribution in [-0.4, -0.2) is 10.5 Å². The molecule has 1 aromatic rings. The lowest BCUT2D eigenvalue weighted by atomic mass is 9.71. The first-order valence-corrected chi connectivity index (χ1v) is 7.14. The quantitative estimate of drug-likeness (QED) is 0.878. The van der Waals surface area contributed by atoms with Crippen molar-refractivity contribution in [2.45, 2.75) is 51.5 Å². The van der Waals surface area contributed by atoms with Crippen molar-refractivity contribution in [2.24, 2.45) is 17.6 Å². The van der Waals surface area contributed by atoms with Gasteiger partial charge in [-0.05, 0) is 24.7 Å². The molecule has 0 amide bonds. The Hall–Kier alpha value is -0.410. The third-order valence-corrected chi connectivity index (χ3v) is 4.63. The summed E-state index contributed by atoms with van der Waals surface area (Å²) in [5.74, 6) is 1.57. The highest BCUT2D eigenvalue weighted by atomic mass is 32.1. The predicted molar refractivity (Wildman–Crippen MR) is 69.5 cm³/mol. The van der Waals surface area contributed by atoms with Crippen molar-refractivity contribution in [1.82, 2.24) is 4.98 Å². The molecular formula is C13H22N2S. The van der Waals surface area contributed by atoms with Crippen molar-refractivity contribution >= 4 is 11.3 Å². The first-order valence-electron chi connectivity index (χ1n) is 6.26. The van der Waals surface area contributed by atoms with Crippen molar-refractivity contribution in [2.75, 3.05) is 0 Å². The summed E-state index contributed by atoms with van der Waals surface area (Å²) in [4.78, 5) is 4.36. The maximum atomic E-state index is 6.55. The Morgan fingerprint density at radius 3 is 3.06 bits per heavy atom. The molecule has 2 atom stereocenters. The minimum atomic E-state index is 0.00500. The molecule has 0 radical (unpaired) electrons. The highest BCUT2D eigenvalue weighted by Gasteiger charge is 2.34. The Kier molecular flexibility index (Phi) is 3.65. The topological polar surface area (TPSA) is 38.9 Å². The van der Waals surface area contributed by atoms with E-state index < -0.39 is 0 Å². The van der Waals surface area contributed by atoms with Crippen LogP contribution < -0.4 is 5.73 Å². The van der Waals surface area contributed by atoms with E-state index in [1.54, 1.807) is 11.3 Å². The number of nitrogens with zero attached hydrogens (tertiary/aromatic N) is 1. The van der Waals surface area contributed by atoms with E-state index in [1.165, 1.54) is 24.3 Å². The standard InChI is InChI=1S/C13H22N2S/c1-10(2)11-4-3-5-13(14,8-11)9-12-15-6-7-16-12/h6-7,10-11H,3-5,8-9,14H2,1-2H3. The molecule has 1 saturated carbocycles. The third-order valence-electron chi connectivity index (χ3n) is 3.85. The second-order valence-electron chi connectivity index (χ2n) is 5.57. The van der Waals surface area contributed by atoms with Crippen molar-refractivity contribution in [3.63, 3.8) is 0 Å². The SMILES string of the molecule is CC(C)C1CCCC(N)(Cc2nccs2)C1. The van der Waals surface area contributed by atoms with Gasteiger partial charge in [0.15, 0.2) is 0 Å². The van der Waals surface area contributed by atoms with Crippen molar-refractivity contribution in [3.8, 4) is 0 Å². The van der Waals surface area contributed by atoms with Gasteiger partial charge < -0.3 is 5.73 Å². The maximum absolute atomic E-state index is 6.55. The molecule has 0 aromatic carbocycles. The van der Waals surface area contributed by atoms with E-state index >= 15 is 0 Å². The average Bonchev–Trinajstić information content (AvgIpc) is 2.69. The van der Waals surface area contributed by atoms with Gasteiger partial charge >= 0.3 is 0 Å². The molecule has 2 nitrogen and oxygen atoms in total. The molecule has 1 aliphatic rings. The van der Waals surface area contributed by atoms with Gasteiger partial charge in [0.2, 0.25) is 0 Å². The smallest absolute Gasteiger partial charge is 0.0943 e. The van der Waals surface area contributed by atoms with E-state index in [-0.39, 0.29) is 5.54 Å². The summed E-state index contributed by atoms with van der Waals surface area (Å²) in [7, 11) is 0. The van der Waals surface area contributed by atoms with Gasteiger partial charge in [-0.2, -0.15) is 0 Å². The lowest BCUT2D eigenvalue weighted by molar-refractivity contribution is 0.182. The van der Waals surface area contributed by atoms with Gasteiger partial charge in [0.05, 0.1) is 5.01 Å². The molecule has 2 rings (SSSR count). The lowest BCUT2D eigenvalue weighted by Crippen LogP contribution is -2.47. The van der Waals surface area contributed by atoms with Gasteiger partial charge in [-0.15, -0.1) is 11.3 Å². The largest absolute Gasteiger partial charge is 0.325 e. The van der Waals surface area contributed by atoms with E-state index in [1.807, 2.05) is 11.6 Å². The molecule has 0 aliphatic heterocycles. The Morgan fingerprint density at radius 2 is 2.44 bits per heavy atom. The van der Waals surface area contributed by atoms with E-state index in [2.05, 4.69) is 18.8 Å². The Morgan fingerprint density at radius 1 is 1.62 bits per heavy atom. The summed E-state index contributed by atoms with van der Waals surface area (Å²) >= 11 is 1.73. The number of thiazole rings is 1. The zero-order valence-electron chi connectivity index (χ0n) is 10.3. The molecule has 0 saturated heterocycles. The Balaban J connectivity index is 2.01. The van der Waals surface area contributed by atoms with Crippen LogP contribution in [0.4, 0.5) is 0 Å². The monoisotopic (exact) mass is 238 g/mol. The molecular weight excluding hydrogens is 216 g/mol. The van der Waals surface area contributed by atoms with E-state index in [9.17, 15) is 0 Å². The molecule has 1 aromatic heterocycles. The molecule has 0 spiro atoms. The second kappa shape index (κ2) is 4.84. The fourth-order valence-corrected chi connectivity index (χ4v) is 3.58. The van der Waals surface area contributed by atoms with Crippen LogP contribution in [0.2, 0.25) is 0 Å². The molecule has 3 heteroatoms. The summed E-state index contributed by atoms with van der Waals surface area (Å²) in [5, 5.41) is 3.24. The number of rotatable bonds is 3. The van der Waals surface area contributed by atoms with Crippen molar-refractivity contribution in [1.29, 1.82) is 0 Å². The van der Waals surface area contributed by atoms with Crippen LogP contribution in [0.5, 0.6) is 0 Å². The van der Waals surface area contributed by atoms with Crippen LogP contribution in [0.25, 0.3) is 0 Å². The van der Waals surface area contributed by atoms with E-state index in [0.29, 0.717) is 0 Å². The third kappa shape index (κ3) is 2.83. The summed E-state index contributed by atoms with van der Waals surface area (Å²) in [5.41, 5.74) is 6.55. The Labute approximate surface area is 102 Å². The van der Waals surface area contributed by atoms with Crippen molar-refractivity contribution < 1.29 is 0 Å². The van der Waals surface area contributed by atoms with Gasteiger partial charge in [0.25, 0.3) is 0 Å². The average molecular weight is 238 g/mol. The maximum Gasteiger partial charge on any atom is 0.0943 e. The van der Waals surface area contributed by atoms with Crippen LogP contribution in [0, 0.1) is 11.8 Å². The van der Waals surface area contributed by atoms with Gasteiger partial charge in [0, 0.05) is 23.5 Å². The number of hydrogen-bond acceptors (Lipinski definition) is 3. The molecule has 0 bridgehead atoms. The van der Waals surface area contributed by atoms with Gasteiger partial charge in [0.1, 0.15) is 0 Å².